The van der Waals surface area contributed by atoms with Crippen LogP contribution in [0, 0.1) is 0 Å². The summed E-state index contributed by atoms with van der Waals surface area (Å²) in [7, 11) is 5.29. The molecule has 7 heteroatoms. The zero-order valence-corrected chi connectivity index (χ0v) is 20.1. The molecule has 0 fully saturated rings. The summed E-state index contributed by atoms with van der Waals surface area (Å²) in [5.41, 5.74) is 1.80. The molecule has 0 atom stereocenters. The van der Waals surface area contributed by atoms with Crippen molar-refractivity contribution in [1.82, 2.24) is 20.4 Å². The number of amides is 1. The second-order valence-electron chi connectivity index (χ2n) is 7.17. The molecule has 154 valence electrons. The summed E-state index contributed by atoms with van der Waals surface area (Å²) in [5.74, 6) is 0.799. The molecule has 0 aliphatic carbocycles. The fourth-order valence-electron chi connectivity index (χ4n) is 2.85. The van der Waals surface area contributed by atoms with E-state index in [2.05, 4.69) is 48.2 Å². The largest absolute Gasteiger partial charge is 0.355 e. The number of carbonyl (C=O) groups excluding carboxylic acids is 1. The third-order valence-electron chi connectivity index (χ3n) is 4.28. The van der Waals surface area contributed by atoms with Crippen LogP contribution in [0.25, 0.3) is 0 Å². The van der Waals surface area contributed by atoms with Crippen LogP contribution in [-0.2, 0) is 6.54 Å². The summed E-state index contributed by atoms with van der Waals surface area (Å²) in [6, 6.07) is 8.70. The quantitative estimate of drug-likeness (QED) is 0.335. The van der Waals surface area contributed by atoms with Crippen LogP contribution in [-0.4, -0.2) is 68.0 Å². The van der Waals surface area contributed by atoms with Crippen molar-refractivity contribution in [3.63, 3.8) is 0 Å². The molecule has 1 aromatic carbocycles. The number of guanidine groups is 1. The number of nitrogens with one attached hydrogen (secondary N) is 2. The Bertz CT molecular complexity index is 577. The molecule has 27 heavy (non-hydrogen) atoms. The highest BCUT2D eigenvalue weighted by Crippen LogP contribution is 2.06. The predicted molar refractivity (Wildman–Crippen MR) is 125 cm³/mol. The van der Waals surface area contributed by atoms with Gasteiger partial charge in [0.05, 0.1) is 0 Å². The van der Waals surface area contributed by atoms with Gasteiger partial charge >= 0.3 is 0 Å². The van der Waals surface area contributed by atoms with E-state index in [1.807, 2.05) is 24.3 Å². The average Bonchev–Trinajstić information content (AvgIpc) is 2.60. The van der Waals surface area contributed by atoms with Crippen LogP contribution in [0.5, 0.6) is 0 Å². The summed E-state index contributed by atoms with van der Waals surface area (Å²) in [6.45, 7) is 11.4. The zero-order valence-electron chi connectivity index (χ0n) is 17.7. The Kier molecular flexibility index (Phi) is 12.3. The van der Waals surface area contributed by atoms with Crippen molar-refractivity contribution in [3.8, 4) is 0 Å². The van der Waals surface area contributed by atoms with Gasteiger partial charge in [-0.3, -0.25) is 14.7 Å². The van der Waals surface area contributed by atoms with Gasteiger partial charge in [-0.2, -0.15) is 0 Å². The highest BCUT2D eigenvalue weighted by atomic mass is 127. The second-order valence-corrected chi connectivity index (χ2v) is 7.17. The fraction of sp³-hybridized carbons (Fsp3) is 0.600. The molecule has 1 amide bonds. The number of aliphatic imine (C=N–C) groups is 1. The summed E-state index contributed by atoms with van der Waals surface area (Å²) in [6.07, 6.45) is 0. The third kappa shape index (κ3) is 8.92. The van der Waals surface area contributed by atoms with E-state index in [4.69, 9.17) is 0 Å². The van der Waals surface area contributed by atoms with Crippen molar-refractivity contribution in [2.75, 3.05) is 34.2 Å². The lowest BCUT2D eigenvalue weighted by atomic mass is 10.1. The molecule has 6 nitrogen and oxygen atoms in total. The molecule has 0 radical (unpaired) electrons. The number of carbonyl (C=O) groups is 1. The topological polar surface area (TPSA) is 60.0 Å². The SMILES string of the molecule is CN=C(NCCN(C(C)C)C(C)C)NCc1ccc(C(=O)N(C)C)cc1.I. The lowest BCUT2D eigenvalue weighted by molar-refractivity contribution is 0.0827. The van der Waals surface area contributed by atoms with Crippen LogP contribution in [0.3, 0.4) is 0 Å². The minimum atomic E-state index is 0. The fourth-order valence-corrected chi connectivity index (χ4v) is 2.85. The summed E-state index contributed by atoms with van der Waals surface area (Å²) in [4.78, 5) is 20.2. The van der Waals surface area contributed by atoms with Crippen molar-refractivity contribution in [2.45, 2.75) is 46.3 Å². The molecule has 0 aliphatic heterocycles. The van der Waals surface area contributed by atoms with Crippen LogP contribution in [0.15, 0.2) is 29.3 Å². The minimum absolute atomic E-state index is 0. The molecule has 2 N–H and O–H groups in total. The maximum absolute atomic E-state index is 11.9. The number of hydrogen-bond acceptors (Lipinski definition) is 3. The summed E-state index contributed by atoms with van der Waals surface area (Å²) >= 11 is 0. The smallest absolute Gasteiger partial charge is 0.253 e. The molecule has 0 saturated heterocycles. The van der Waals surface area contributed by atoms with Crippen molar-refractivity contribution in [1.29, 1.82) is 0 Å². The average molecular weight is 489 g/mol. The highest BCUT2D eigenvalue weighted by Gasteiger charge is 2.12. The normalized spacial score (nSPS) is 11.6. The molecule has 0 aliphatic rings. The van der Waals surface area contributed by atoms with Crippen LogP contribution < -0.4 is 10.6 Å². The molecule has 0 aromatic heterocycles. The first-order chi connectivity index (χ1) is 12.3. The monoisotopic (exact) mass is 489 g/mol. The van der Waals surface area contributed by atoms with E-state index in [0.717, 1.165) is 24.6 Å². The lowest BCUT2D eigenvalue weighted by Gasteiger charge is -2.30. The molecule has 0 unspecified atom stereocenters. The third-order valence-corrected chi connectivity index (χ3v) is 4.28. The van der Waals surface area contributed by atoms with Crippen LogP contribution >= 0.6 is 24.0 Å². The van der Waals surface area contributed by atoms with E-state index in [-0.39, 0.29) is 29.9 Å². The van der Waals surface area contributed by atoms with Gasteiger partial charge in [0.1, 0.15) is 0 Å². The van der Waals surface area contributed by atoms with Gasteiger partial charge in [0, 0.05) is 58.4 Å². The van der Waals surface area contributed by atoms with E-state index in [1.54, 1.807) is 26.0 Å². The molecule has 1 aromatic rings. The van der Waals surface area contributed by atoms with Gasteiger partial charge in [0.25, 0.3) is 5.91 Å². The van der Waals surface area contributed by atoms with Gasteiger partial charge in [-0.15, -0.1) is 24.0 Å². The van der Waals surface area contributed by atoms with E-state index >= 15 is 0 Å². The zero-order chi connectivity index (χ0) is 19.7. The van der Waals surface area contributed by atoms with Crippen molar-refractivity contribution < 1.29 is 4.79 Å². The van der Waals surface area contributed by atoms with E-state index in [1.165, 1.54) is 0 Å². The number of halogens is 1. The summed E-state index contributed by atoms with van der Waals surface area (Å²) < 4.78 is 0. The van der Waals surface area contributed by atoms with Gasteiger partial charge in [-0.05, 0) is 45.4 Å². The van der Waals surface area contributed by atoms with Crippen molar-refractivity contribution >= 4 is 35.8 Å². The van der Waals surface area contributed by atoms with Gasteiger partial charge in [-0.25, -0.2) is 0 Å². The van der Waals surface area contributed by atoms with Crippen LogP contribution in [0.4, 0.5) is 0 Å². The molecular formula is C20H36IN5O. The maximum Gasteiger partial charge on any atom is 0.253 e. The first kappa shape index (κ1) is 25.6. The van der Waals surface area contributed by atoms with Gasteiger partial charge in [0.15, 0.2) is 5.96 Å². The highest BCUT2D eigenvalue weighted by molar-refractivity contribution is 14.0. The van der Waals surface area contributed by atoms with Gasteiger partial charge in [0.2, 0.25) is 0 Å². The van der Waals surface area contributed by atoms with Gasteiger partial charge < -0.3 is 15.5 Å². The van der Waals surface area contributed by atoms with Crippen LogP contribution in [0.1, 0.15) is 43.6 Å². The van der Waals surface area contributed by atoms with E-state index in [0.29, 0.717) is 24.2 Å². The van der Waals surface area contributed by atoms with Crippen LogP contribution in [0.2, 0.25) is 0 Å². The Morgan fingerprint density at radius 1 is 1.04 bits per heavy atom. The molecule has 0 heterocycles. The summed E-state index contributed by atoms with van der Waals surface area (Å²) in [5, 5.41) is 6.68. The Morgan fingerprint density at radius 2 is 1.59 bits per heavy atom. The molecular weight excluding hydrogens is 453 g/mol. The number of rotatable bonds is 8. The second kappa shape index (κ2) is 12.9. The number of benzene rings is 1. The minimum Gasteiger partial charge on any atom is -0.355 e. The first-order valence-corrected chi connectivity index (χ1v) is 9.27. The maximum atomic E-state index is 11.9. The van der Waals surface area contributed by atoms with E-state index < -0.39 is 0 Å². The van der Waals surface area contributed by atoms with Gasteiger partial charge in [-0.1, -0.05) is 12.1 Å². The Balaban J connectivity index is 0.00000676. The molecule has 0 saturated carbocycles. The molecule has 0 spiro atoms. The first-order valence-electron chi connectivity index (χ1n) is 9.27. The molecule has 0 bridgehead atoms. The van der Waals surface area contributed by atoms with Crippen molar-refractivity contribution in [3.05, 3.63) is 35.4 Å². The van der Waals surface area contributed by atoms with E-state index in [9.17, 15) is 4.79 Å². The lowest BCUT2D eigenvalue weighted by Crippen LogP contribution is -2.45. The Labute approximate surface area is 181 Å². The Morgan fingerprint density at radius 3 is 2.04 bits per heavy atom. The number of nitrogens with zero attached hydrogens (tertiary/aromatic N) is 3. The van der Waals surface area contributed by atoms with Crippen molar-refractivity contribution in [2.24, 2.45) is 4.99 Å². The molecule has 1 rings (SSSR count). The number of hydrogen-bond donors (Lipinski definition) is 2. The Hall–Kier alpha value is -1.35. The standard InChI is InChI=1S/C20H35N5O.HI/c1-15(2)25(16(3)4)13-12-22-20(21-5)23-14-17-8-10-18(11-9-17)19(26)24(6)7;/h8-11,15-16H,12-14H2,1-7H3,(H2,21,22,23);1H. The predicted octanol–water partition coefficient (Wildman–Crippen LogP) is 2.79.